The number of alkyl halides is 3. The fraction of sp³-hybridized carbons (Fsp3) is 0.455. The van der Waals surface area contributed by atoms with Gasteiger partial charge in [-0.05, 0) is 25.1 Å². The standard InChI is InChI=1S/C11H15F3N2O/c1-7(17-2)6-16-8-3-4-10(15)9(5-8)11(12,13)14/h3-5,7,16H,6,15H2,1-2H3. The first-order chi connectivity index (χ1) is 7.84. The van der Waals surface area contributed by atoms with E-state index in [1.807, 2.05) is 6.92 Å². The van der Waals surface area contributed by atoms with E-state index in [4.69, 9.17) is 10.5 Å². The van der Waals surface area contributed by atoms with Gasteiger partial charge in [-0.3, -0.25) is 0 Å². The summed E-state index contributed by atoms with van der Waals surface area (Å²) in [7, 11) is 1.54. The number of nitrogens with two attached hydrogens (primary N) is 1. The quantitative estimate of drug-likeness (QED) is 0.805. The molecule has 0 spiro atoms. The van der Waals surface area contributed by atoms with Crippen molar-refractivity contribution in [3.8, 4) is 0 Å². The monoisotopic (exact) mass is 248 g/mol. The van der Waals surface area contributed by atoms with Gasteiger partial charge in [0, 0.05) is 25.0 Å². The normalized spacial score (nSPS) is 13.5. The van der Waals surface area contributed by atoms with Crippen LogP contribution in [0.2, 0.25) is 0 Å². The van der Waals surface area contributed by atoms with Crippen LogP contribution in [0.1, 0.15) is 12.5 Å². The molecule has 1 atom stereocenters. The van der Waals surface area contributed by atoms with Crippen molar-refractivity contribution in [3.63, 3.8) is 0 Å². The predicted molar refractivity (Wildman–Crippen MR) is 60.8 cm³/mol. The van der Waals surface area contributed by atoms with Crippen LogP contribution in [0, 0.1) is 0 Å². The molecule has 1 unspecified atom stereocenters. The lowest BCUT2D eigenvalue weighted by molar-refractivity contribution is -0.136. The molecule has 0 saturated carbocycles. The Kier molecular flexibility index (Phi) is 4.22. The van der Waals surface area contributed by atoms with Gasteiger partial charge in [-0.1, -0.05) is 0 Å². The van der Waals surface area contributed by atoms with Gasteiger partial charge in [-0.25, -0.2) is 0 Å². The minimum absolute atomic E-state index is 0.0816. The summed E-state index contributed by atoms with van der Waals surface area (Å²) >= 11 is 0. The van der Waals surface area contributed by atoms with Crippen molar-refractivity contribution in [3.05, 3.63) is 23.8 Å². The summed E-state index contributed by atoms with van der Waals surface area (Å²) in [5.41, 5.74) is 4.55. The highest BCUT2D eigenvalue weighted by atomic mass is 19.4. The summed E-state index contributed by atoms with van der Waals surface area (Å²) in [5, 5.41) is 2.85. The van der Waals surface area contributed by atoms with E-state index in [0.29, 0.717) is 12.2 Å². The number of methoxy groups -OCH3 is 1. The maximum absolute atomic E-state index is 12.6. The molecule has 0 saturated heterocycles. The summed E-state index contributed by atoms with van der Waals surface area (Å²) in [4.78, 5) is 0. The molecule has 0 aliphatic carbocycles. The van der Waals surface area contributed by atoms with Crippen LogP contribution in [0.5, 0.6) is 0 Å². The Labute approximate surface area is 97.8 Å². The molecule has 0 radical (unpaired) electrons. The Hall–Kier alpha value is -1.43. The van der Waals surface area contributed by atoms with E-state index in [0.717, 1.165) is 6.07 Å². The summed E-state index contributed by atoms with van der Waals surface area (Å²) in [6.45, 7) is 2.24. The average Bonchev–Trinajstić information content (AvgIpc) is 2.26. The zero-order chi connectivity index (χ0) is 13.1. The second-order valence-corrected chi connectivity index (χ2v) is 3.73. The van der Waals surface area contributed by atoms with E-state index >= 15 is 0 Å². The van der Waals surface area contributed by atoms with Gasteiger partial charge in [-0.15, -0.1) is 0 Å². The highest BCUT2D eigenvalue weighted by molar-refractivity contribution is 5.58. The molecule has 0 amide bonds. The van der Waals surface area contributed by atoms with Crippen LogP contribution in [-0.4, -0.2) is 19.8 Å². The van der Waals surface area contributed by atoms with Crippen molar-refractivity contribution in [2.24, 2.45) is 0 Å². The first-order valence-electron chi connectivity index (χ1n) is 5.08. The molecule has 0 bridgehead atoms. The second-order valence-electron chi connectivity index (χ2n) is 3.73. The highest BCUT2D eigenvalue weighted by Gasteiger charge is 2.33. The van der Waals surface area contributed by atoms with E-state index in [1.54, 1.807) is 0 Å². The van der Waals surface area contributed by atoms with Crippen molar-refractivity contribution in [2.75, 3.05) is 24.7 Å². The van der Waals surface area contributed by atoms with Crippen molar-refractivity contribution >= 4 is 11.4 Å². The molecule has 6 heteroatoms. The maximum atomic E-state index is 12.6. The number of nitrogen functional groups attached to an aromatic ring is 1. The summed E-state index contributed by atoms with van der Waals surface area (Å²) in [5.74, 6) is 0. The molecule has 0 aliphatic rings. The minimum atomic E-state index is -4.44. The Balaban J connectivity index is 2.82. The molecular formula is C11H15F3N2O. The number of benzene rings is 1. The summed E-state index contributed by atoms with van der Waals surface area (Å²) < 4.78 is 42.7. The summed E-state index contributed by atoms with van der Waals surface area (Å²) in [6.07, 6.45) is -4.52. The van der Waals surface area contributed by atoms with Gasteiger partial charge in [0.1, 0.15) is 0 Å². The number of nitrogens with one attached hydrogen (secondary N) is 1. The Bertz CT molecular complexity index is 379. The number of rotatable bonds is 4. The van der Waals surface area contributed by atoms with E-state index < -0.39 is 11.7 Å². The number of hydrogen-bond donors (Lipinski definition) is 2. The molecule has 0 aliphatic heterocycles. The van der Waals surface area contributed by atoms with Crippen molar-refractivity contribution in [1.82, 2.24) is 0 Å². The largest absolute Gasteiger partial charge is 0.418 e. The molecule has 96 valence electrons. The molecule has 0 heterocycles. The lowest BCUT2D eigenvalue weighted by atomic mass is 10.1. The molecule has 0 aromatic heterocycles. The third-order valence-corrected chi connectivity index (χ3v) is 2.35. The molecule has 17 heavy (non-hydrogen) atoms. The SMILES string of the molecule is COC(C)CNc1ccc(N)c(C(F)(F)F)c1. The lowest BCUT2D eigenvalue weighted by Gasteiger charge is -2.15. The highest BCUT2D eigenvalue weighted by Crippen LogP contribution is 2.35. The van der Waals surface area contributed by atoms with Crippen LogP contribution in [0.4, 0.5) is 24.5 Å². The topological polar surface area (TPSA) is 47.3 Å². The Morgan fingerprint density at radius 1 is 1.41 bits per heavy atom. The Morgan fingerprint density at radius 2 is 2.06 bits per heavy atom. The van der Waals surface area contributed by atoms with Gasteiger partial charge >= 0.3 is 6.18 Å². The van der Waals surface area contributed by atoms with E-state index in [9.17, 15) is 13.2 Å². The van der Waals surface area contributed by atoms with Gasteiger partial charge in [0.05, 0.1) is 11.7 Å². The lowest BCUT2D eigenvalue weighted by Crippen LogP contribution is -2.18. The number of hydrogen-bond acceptors (Lipinski definition) is 3. The van der Waals surface area contributed by atoms with Gasteiger partial charge in [0.25, 0.3) is 0 Å². The van der Waals surface area contributed by atoms with E-state index in [2.05, 4.69) is 5.32 Å². The van der Waals surface area contributed by atoms with Crippen molar-refractivity contribution in [1.29, 1.82) is 0 Å². The smallest absolute Gasteiger partial charge is 0.398 e. The maximum Gasteiger partial charge on any atom is 0.418 e. The molecule has 1 rings (SSSR count). The first-order valence-corrected chi connectivity index (χ1v) is 5.08. The van der Waals surface area contributed by atoms with Crippen molar-refractivity contribution in [2.45, 2.75) is 19.2 Å². The van der Waals surface area contributed by atoms with Gasteiger partial charge in [0.15, 0.2) is 0 Å². The fourth-order valence-electron chi connectivity index (χ4n) is 1.26. The fourth-order valence-corrected chi connectivity index (χ4v) is 1.26. The van der Waals surface area contributed by atoms with E-state index in [1.165, 1.54) is 19.2 Å². The first kappa shape index (κ1) is 13.6. The van der Waals surface area contributed by atoms with Crippen LogP contribution < -0.4 is 11.1 Å². The van der Waals surface area contributed by atoms with Crippen molar-refractivity contribution < 1.29 is 17.9 Å². The van der Waals surface area contributed by atoms with Crippen LogP contribution in [0.15, 0.2) is 18.2 Å². The minimum Gasteiger partial charge on any atom is -0.398 e. The molecule has 0 fully saturated rings. The molecule has 3 N–H and O–H groups in total. The number of halogens is 3. The molecule has 3 nitrogen and oxygen atoms in total. The van der Waals surface area contributed by atoms with Crippen LogP contribution in [0.3, 0.4) is 0 Å². The van der Waals surface area contributed by atoms with Crippen LogP contribution in [0.25, 0.3) is 0 Å². The summed E-state index contributed by atoms with van der Waals surface area (Å²) in [6, 6.07) is 3.74. The third kappa shape index (κ3) is 3.81. The number of anilines is 2. The molecular weight excluding hydrogens is 233 g/mol. The zero-order valence-electron chi connectivity index (χ0n) is 9.64. The second kappa shape index (κ2) is 5.27. The third-order valence-electron chi connectivity index (χ3n) is 2.35. The average molecular weight is 248 g/mol. The van der Waals surface area contributed by atoms with E-state index in [-0.39, 0.29) is 11.8 Å². The van der Waals surface area contributed by atoms with Crippen LogP contribution in [-0.2, 0) is 10.9 Å². The number of ether oxygens (including phenoxy) is 1. The van der Waals surface area contributed by atoms with Gasteiger partial charge in [0.2, 0.25) is 0 Å². The van der Waals surface area contributed by atoms with Gasteiger partial charge in [-0.2, -0.15) is 13.2 Å². The van der Waals surface area contributed by atoms with Gasteiger partial charge < -0.3 is 15.8 Å². The van der Waals surface area contributed by atoms with Crippen LogP contribution >= 0.6 is 0 Å². The zero-order valence-corrected chi connectivity index (χ0v) is 9.64. The molecule has 1 aromatic carbocycles. The Morgan fingerprint density at radius 3 is 2.59 bits per heavy atom. The molecule has 1 aromatic rings. The predicted octanol–water partition coefficient (Wildman–Crippen LogP) is 2.73.